The van der Waals surface area contributed by atoms with Gasteiger partial charge in [-0.15, -0.1) is 11.6 Å². The fraction of sp³-hybridized carbons (Fsp3) is 0.333. The summed E-state index contributed by atoms with van der Waals surface area (Å²) in [6, 6.07) is 4.79. The largest absolute Gasteiger partial charge is 0.465 e. The SMILES string of the molecule is CCOC(=O)C(Cl)Cn1c(=O)oc2cc(Cl)ccc21. The first-order valence-corrected chi connectivity index (χ1v) is 6.44. The minimum Gasteiger partial charge on any atom is -0.465 e. The Bertz CT molecular complexity index is 661. The van der Waals surface area contributed by atoms with E-state index in [-0.39, 0.29) is 13.2 Å². The van der Waals surface area contributed by atoms with Crippen molar-refractivity contribution in [3.05, 3.63) is 33.8 Å². The van der Waals surface area contributed by atoms with Gasteiger partial charge in [-0.25, -0.2) is 4.79 Å². The molecule has 1 atom stereocenters. The summed E-state index contributed by atoms with van der Waals surface area (Å²) < 4.78 is 11.1. The molecule has 0 N–H and O–H groups in total. The molecule has 0 saturated carbocycles. The lowest BCUT2D eigenvalue weighted by Gasteiger charge is -2.08. The van der Waals surface area contributed by atoms with Crippen molar-refractivity contribution in [2.75, 3.05) is 6.61 Å². The van der Waals surface area contributed by atoms with Crippen LogP contribution in [0.1, 0.15) is 6.92 Å². The van der Waals surface area contributed by atoms with Crippen molar-refractivity contribution in [3.8, 4) is 0 Å². The Morgan fingerprint density at radius 1 is 1.53 bits per heavy atom. The number of oxazole rings is 1. The third-order valence-electron chi connectivity index (χ3n) is 2.52. The molecule has 0 saturated heterocycles. The first-order chi connectivity index (χ1) is 9.02. The monoisotopic (exact) mass is 303 g/mol. The number of rotatable bonds is 4. The number of esters is 1. The van der Waals surface area contributed by atoms with Crippen LogP contribution in [-0.2, 0) is 16.1 Å². The number of aromatic nitrogens is 1. The second-order valence-corrected chi connectivity index (χ2v) is 4.77. The number of nitrogens with zero attached hydrogens (tertiary/aromatic N) is 1. The molecular formula is C12H11Cl2NO4. The maximum Gasteiger partial charge on any atom is 0.420 e. The smallest absolute Gasteiger partial charge is 0.420 e. The van der Waals surface area contributed by atoms with Crippen molar-refractivity contribution in [2.45, 2.75) is 18.8 Å². The van der Waals surface area contributed by atoms with Crippen LogP contribution < -0.4 is 5.76 Å². The first-order valence-electron chi connectivity index (χ1n) is 5.62. The topological polar surface area (TPSA) is 61.4 Å². The number of fused-ring (bicyclic) bond motifs is 1. The number of carbonyl (C=O) groups is 1. The van der Waals surface area contributed by atoms with E-state index in [1.807, 2.05) is 0 Å². The lowest BCUT2D eigenvalue weighted by molar-refractivity contribution is -0.142. The molecule has 1 aromatic heterocycles. The number of alkyl halides is 1. The van der Waals surface area contributed by atoms with Crippen LogP contribution in [0.5, 0.6) is 0 Å². The molecule has 1 heterocycles. The summed E-state index contributed by atoms with van der Waals surface area (Å²) in [6.45, 7) is 1.90. The quantitative estimate of drug-likeness (QED) is 0.643. The van der Waals surface area contributed by atoms with Crippen LogP contribution in [0.2, 0.25) is 5.02 Å². The van der Waals surface area contributed by atoms with Crippen molar-refractivity contribution in [1.29, 1.82) is 0 Å². The molecule has 2 rings (SSSR count). The Hall–Kier alpha value is -1.46. The number of hydrogen-bond donors (Lipinski definition) is 0. The van der Waals surface area contributed by atoms with E-state index in [4.69, 9.17) is 32.4 Å². The molecule has 0 aliphatic rings. The van der Waals surface area contributed by atoms with Crippen LogP contribution in [0.4, 0.5) is 0 Å². The van der Waals surface area contributed by atoms with E-state index in [1.165, 1.54) is 10.6 Å². The maximum atomic E-state index is 11.7. The van der Waals surface area contributed by atoms with Gasteiger partial charge in [0.05, 0.1) is 18.7 Å². The third kappa shape index (κ3) is 2.93. The normalized spacial score (nSPS) is 12.6. The Kier molecular flexibility index (Phi) is 4.17. The zero-order valence-corrected chi connectivity index (χ0v) is 11.6. The molecule has 102 valence electrons. The summed E-state index contributed by atoms with van der Waals surface area (Å²) in [5.41, 5.74) is 0.884. The number of halogens is 2. The van der Waals surface area contributed by atoms with Gasteiger partial charge < -0.3 is 9.15 Å². The average molecular weight is 304 g/mol. The number of carbonyl (C=O) groups excluding carboxylic acids is 1. The summed E-state index contributed by atoms with van der Waals surface area (Å²) in [5.74, 6) is -1.16. The standard InChI is InChI=1S/C12H11Cl2NO4/c1-2-18-11(16)8(14)6-15-9-4-3-7(13)5-10(9)19-12(15)17/h3-5,8H,2,6H2,1H3. The van der Waals surface area contributed by atoms with E-state index in [9.17, 15) is 9.59 Å². The van der Waals surface area contributed by atoms with Gasteiger partial charge in [0.1, 0.15) is 5.38 Å². The highest BCUT2D eigenvalue weighted by atomic mass is 35.5. The summed E-state index contributed by atoms with van der Waals surface area (Å²) in [7, 11) is 0. The van der Waals surface area contributed by atoms with Crippen LogP contribution >= 0.6 is 23.2 Å². The molecule has 0 aliphatic carbocycles. The van der Waals surface area contributed by atoms with Gasteiger partial charge >= 0.3 is 11.7 Å². The van der Waals surface area contributed by atoms with Gasteiger partial charge in [0, 0.05) is 11.1 Å². The van der Waals surface area contributed by atoms with Crippen molar-refractivity contribution in [2.24, 2.45) is 0 Å². The third-order valence-corrected chi connectivity index (χ3v) is 3.07. The lowest BCUT2D eigenvalue weighted by Crippen LogP contribution is -2.27. The molecule has 19 heavy (non-hydrogen) atoms. The summed E-state index contributed by atoms with van der Waals surface area (Å²) in [6.07, 6.45) is 0. The molecule has 5 nitrogen and oxygen atoms in total. The van der Waals surface area contributed by atoms with Gasteiger partial charge in [0.2, 0.25) is 0 Å². The number of benzene rings is 1. The van der Waals surface area contributed by atoms with Gasteiger partial charge in [-0.1, -0.05) is 11.6 Å². The van der Waals surface area contributed by atoms with Crippen LogP contribution in [0, 0.1) is 0 Å². The molecule has 0 amide bonds. The summed E-state index contributed by atoms with van der Waals surface area (Å²) >= 11 is 11.7. The predicted octanol–water partition coefficient (Wildman–Crippen LogP) is 2.42. The fourth-order valence-corrected chi connectivity index (χ4v) is 2.04. The van der Waals surface area contributed by atoms with E-state index in [1.54, 1.807) is 19.1 Å². The van der Waals surface area contributed by atoms with E-state index >= 15 is 0 Å². The molecule has 0 spiro atoms. The summed E-state index contributed by atoms with van der Waals surface area (Å²) in [5, 5.41) is -0.490. The molecule has 0 aliphatic heterocycles. The molecule has 7 heteroatoms. The molecular weight excluding hydrogens is 293 g/mol. The van der Waals surface area contributed by atoms with Gasteiger partial charge in [0.25, 0.3) is 0 Å². The minimum atomic E-state index is -0.950. The van der Waals surface area contributed by atoms with Crippen molar-refractivity contribution in [3.63, 3.8) is 0 Å². The molecule has 1 aromatic carbocycles. The minimum absolute atomic E-state index is 0.0200. The summed E-state index contributed by atoms with van der Waals surface area (Å²) in [4.78, 5) is 23.2. The zero-order valence-electron chi connectivity index (χ0n) is 10.1. The highest BCUT2D eigenvalue weighted by molar-refractivity contribution is 6.31. The second kappa shape index (κ2) is 5.67. The fourth-order valence-electron chi connectivity index (χ4n) is 1.68. The predicted molar refractivity (Wildman–Crippen MR) is 71.8 cm³/mol. The van der Waals surface area contributed by atoms with E-state index in [0.29, 0.717) is 16.1 Å². The van der Waals surface area contributed by atoms with E-state index in [0.717, 1.165) is 0 Å². The van der Waals surface area contributed by atoms with Crippen LogP contribution in [0.25, 0.3) is 11.1 Å². The lowest BCUT2D eigenvalue weighted by atomic mass is 10.3. The first kappa shape index (κ1) is 14.0. The molecule has 0 radical (unpaired) electrons. The van der Waals surface area contributed by atoms with Crippen LogP contribution in [0.15, 0.2) is 27.4 Å². The van der Waals surface area contributed by atoms with Gasteiger partial charge in [-0.2, -0.15) is 0 Å². The number of ether oxygens (including phenoxy) is 1. The Morgan fingerprint density at radius 2 is 2.26 bits per heavy atom. The molecule has 2 aromatic rings. The molecule has 0 fully saturated rings. The van der Waals surface area contributed by atoms with Crippen molar-refractivity contribution < 1.29 is 13.9 Å². The maximum absolute atomic E-state index is 11.7. The van der Waals surface area contributed by atoms with Crippen molar-refractivity contribution in [1.82, 2.24) is 4.57 Å². The zero-order chi connectivity index (χ0) is 14.0. The van der Waals surface area contributed by atoms with Crippen LogP contribution in [0.3, 0.4) is 0 Å². The van der Waals surface area contributed by atoms with Gasteiger partial charge in [-0.3, -0.25) is 9.36 Å². The van der Waals surface area contributed by atoms with E-state index in [2.05, 4.69) is 0 Å². The Balaban J connectivity index is 2.33. The van der Waals surface area contributed by atoms with E-state index < -0.39 is 17.1 Å². The Morgan fingerprint density at radius 3 is 2.95 bits per heavy atom. The molecule has 0 bridgehead atoms. The Labute approximate surface area is 118 Å². The second-order valence-electron chi connectivity index (χ2n) is 3.81. The molecule has 1 unspecified atom stereocenters. The highest BCUT2D eigenvalue weighted by Crippen LogP contribution is 2.19. The number of hydrogen-bond acceptors (Lipinski definition) is 4. The van der Waals surface area contributed by atoms with Crippen molar-refractivity contribution >= 4 is 40.3 Å². The van der Waals surface area contributed by atoms with Gasteiger partial charge in [0.15, 0.2) is 5.58 Å². The average Bonchev–Trinajstić information content (AvgIpc) is 2.65. The van der Waals surface area contributed by atoms with Gasteiger partial charge in [-0.05, 0) is 19.1 Å². The van der Waals surface area contributed by atoms with Crippen LogP contribution in [-0.4, -0.2) is 22.5 Å². The highest BCUT2D eigenvalue weighted by Gasteiger charge is 2.20.